The fourth-order valence-corrected chi connectivity index (χ4v) is 4.24. The Hall–Kier alpha value is -0.0400. The number of benzene rings is 1. The van der Waals surface area contributed by atoms with Crippen LogP contribution >= 0.6 is 35.6 Å². The first-order chi connectivity index (χ1) is 8.88. The number of hydrogen-bond acceptors (Lipinski definition) is 3. The highest BCUT2D eigenvalue weighted by molar-refractivity contribution is 7.89. The zero-order valence-electron chi connectivity index (χ0n) is 10.9. The van der Waals surface area contributed by atoms with Crippen molar-refractivity contribution < 1.29 is 8.42 Å². The van der Waals surface area contributed by atoms with Crippen LogP contribution in [-0.2, 0) is 10.0 Å². The van der Waals surface area contributed by atoms with Crippen LogP contribution < -0.4 is 10.0 Å². The van der Waals surface area contributed by atoms with Crippen molar-refractivity contribution in [3.8, 4) is 0 Å². The van der Waals surface area contributed by atoms with Crippen LogP contribution in [-0.4, -0.2) is 27.5 Å². The topological polar surface area (TPSA) is 58.2 Å². The van der Waals surface area contributed by atoms with Gasteiger partial charge < -0.3 is 5.32 Å². The van der Waals surface area contributed by atoms with Gasteiger partial charge in [-0.1, -0.05) is 30.1 Å². The summed E-state index contributed by atoms with van der Waals surface area (Å²) < 4.78 is 27.3. The average Bonchev–Trinajstić information content (AvgIpc) is 2.31. The molecule has 1 heterocycles. The standard InChI is InChI=1S/C12H16Cl2N2O2S.ClH/c1-8-7-15-3-2-12(8)16-19(17,18)11-5-9(13)4-10(14)6-11;/h4-6,8,12,15-16H,2-3,7H2,1H3;1H. The van der Waals surface area contributed by atoms with E-state index in [9.17, 15) is 8.42 Å². The van der Waals surface area contributed by atoms with Gasteiger partial charge >= 0.3 is 0 Å². The third-order valence-corrected chi connectivity index (χ3v) is 5.14. The Bertz CT molecular complexity index is 546. The molecule has 2 rings (SSSR count). The van der Waals surface area contributed by atoms with Crippen molar-refractivity contribution in [2.24, 2.45) is 5.92 Å². The molecular formula is C12H17Cl3N2O2S. The number of hydrogen-bond donors (Lipinski definition) is 2. The summed E-state index contributed by atoms with van der Waals surface area (Å²) in [6.07, 6.45) is 0.773. The summed E-state index contributed by atoms with van der Waals surface area (Å²) >= 11 is 11.7. The van der Waals surface area contributed by atoms with Crippen molar-refractivity contribution in [3.63, 3.8) is 0 Å². The van der Waals surface area contributed by atoms with E-state index >= 15 is 0 Å². The molecule has 1 aromatic carbocycles. The van der Waals surface area contributed by atoms with Gasteiger partial charge in [0.1, 0.15) is 0 Å². The molecule has 8 heteroatoms. The summed E-state index contributed by atoms with van der Waals surface area (Å²) in [5.74, 6) is 0.248. The van der Waals surface area contributed by atoms with Crippen molar-refractivity contribution in [2.75, 3.05) is 13.1 Å². The molecule has 4 nitrogen and oxygen atoms in total. The fourth-order valence-electron chi connectivity index (χ4n) is 2.14. The molecule has 20 heavy (non-hydrogen) atoms. The second-order valence-electron chi connectivity index (χ2n) is 4.80. The van der Waals surface area contributed by atoms with E-state index in [0.29, 0.717) is 10.0 Å². The Morgan fingerprint density at radius 3 is 2.40 bits per heavy atom. The van der Waals surface area contributed by atoms with Gasteiger partial charge in [0.15, 0.2) is 0 Å². The predicted octanol–water partition coefficient (Wildman–Crippen LogP) is 2.69. The van der Waals surface area contributed by atoms with Gasteiger partial charge in [-0.2, -0.15) is 0 Å². The monoisotopic (exact) mass is 358 g/mol. The molecule has 0 spiro atoms. The smallest absolute Gasteiger partial charge is 0.240 e. The zero-order chi connectivity index (χ0) is 14.0. The molecule has 114 valence electrons. The van der Waals surface area contributed by atoms with E-state index in [4.69, 9.17) is 23.2 Å². The van der Waals surface area contributed by atoms with Gasteiger partial charge in [-0.15, -0.1) is 12.4 Å². The van der Waals surface area contributed by atoms with Gasteiger partial charge in [0.25, 0.3) is 0 Å². The highest BCUT2D eigenvalue weighted by atomic mass is 35.5. The molecule has 1 fully saturated rings. The van der Waals surface area contributed by atoms with E-state index in [1.54, 1.807) is 0 Å². The summed E-state index contributed by atoms with van der Waals surface area (Å²) in [5, 5.41) is 3.85. The molecule has 2 atom stereocenters. The van der Waals surface area contributed by atoms with Gasteiger partial charge in [0, 0.05) is 16.1 Å². The summed E-state index contributed by atoms with van der Waals surface area (Å²) in [6, 6.07) is 4.25. The number of rotatable bonds is 3. The number of halogens is 3. The predicted molar refractivity (Wildman–Crippen MR) is 84.5 cm³/mol. The number of sulfonamides is 1. The van der Waals surface area contributed by atoms with Crippen LogP contribution in [0.15, 0.2) is 23.1 Å². The Labute approximate surface area is 135 Å². The normalized spacial score (nSPS) is 23.1. The lowest BCUT2D eigenvalue weighted by atomic mass is 9.97. The lowest BCUT2D eigenvalue weighted by molar-refractivity contribution is 0.328. The van der Waals surface area contributed by atoms with Gasteiger partial charge in [-0.3, -0.25) is 0 Å². The maximum atomic E-state index is 12.3. The third kappa shape index (κ3) is 4.48. The van der Waals surface area contributed by atoms with Gasteiger partial charge in [-0.05, 0) is 43.6 Å². The molecule has 1 aliphatic rings. The van der Waals surface area contributed by atoms with Gasteiger partial charge in [-0.25, -0.2) is 13.1 Å². The molecule has 0 bridgehead atoms. The van der Waals surface area contributed by atoms with Crippen LogP contribution in [0, 0.1) is 5.92 Å². The first kappa shape index (κ1) is 18.0. The highest BCUT2D eigenvalue weighted by Crippen LogP contribution is 2.23. The summed E-state index contributed by atoms with van der Waals surface area (Å²) in [6.45, 7) is 3.64. The maximum Gasteiger partial charge on any atom is 0.240 e. The van der Waals surface area contributed by atoms with E-state index < -0.39 is 10.0 Å². The zero-order valence-corrected chi connectivity index (χ0v) is 14.0. The SMILES string of the molecule is CC1CNCCC1NS(=O)(=O)c1cc(Cl)cc(Cl)c1.Cl. The fraction of sp³-hybridized carbons (Fsp3) is 0.500. The Morgan fingerprint density at radius 1 is 1.25 bits per heavy atom. The van der Waals surface area contributed by atoms with E-state index in [-0.39, 0.29) is 29.3 Å². The van der Waals surface area contributed by atoms with Crippen molar-refractivity contribution in [3.05, 3.63) is 28.2 Å². The molecule has 0 amide bonds. The average molecular weight is 360 g/mol. The van der Waals surface area contributed by atoms with Crippen LogP contribution in [0.2, 0.25) is 10.0 Å². The lowest BCUT2D eigenvalue weighted by Gasteiger charge is -2.29. The molecule has 1 aromatic rings. The molecular weight excluding hydrogens is 343 g/mol. The van der Waals surface area contributed by atoms with Gasteiger partial charge in [0.2, 0.25) is 10.0 Å². The molecule has 2 unspecified atom stereocenters. The minimum atomic E-state index is -3.58. The third-order valence-electron chi connectivity index (χ3n) is 3.24. The molecule has 2 N–H and O–H groups in total. The summed E-state index contributed by atoms with van der Waals surface area (Å²) in [7, 11) is -3.58. The minimum absolute atomic E-state index is 0. The molecule has 0 aromatic heterocycles. The molecule has 1 saturated heterocycles. The van der Waals surface area contributed by atoms with Gasteiger partial charge in [0.05, 0.1) is 4.90 Å². The minimum Gasteiger partial charge on any atom is -0.316 e. The van der Waals surface area contributed by atoms with Crippen molar-refractivity contribution >= 4 is 45.6 Å². The largest absolute Gasteiger partial charge is 0.316 e. The van der Waals surface area contributed by atoms with Crippen molar-refractivity contribution in [1.82, 2.24) is 10.0 Å². The lowest BCUT2D eigenvalue weighted by Crippen LogP contribution is -2.48. The highest BCUT2D eigenvalue weighted by Gasteiger charge is 2.26. The van der Waals surface area contributed by atoms with Crippen LogP contribution in [0.1, 0.15) is 13.3 Å². The van der Waals surface area contributed by atoms with E-state index in [1.807, 2.05) is 6.92 Å². The Kier molecular flexibility index (Phi) is 6.57. The van der Waals surface area contributed by atoms with Crippen LogP contribution in [0.4, 0.5) is 0 Å². The second-order valence-corrected chi connectivity index (χ2v) is 7.39. The maximum absolute atomic E-state index is 12.3. The van der Waals surface area contributed by atoms with Crippen LogP contribution in [0.25, 0.3) is 0 Å². The van der Waals surface area contributed by atoms with Crippen LogP contribution in [0.5, 0.6) is 0 Å². The number of nitrogens with one attached hydrogen (secondary N) is 2. The number of piperidine rings is 1. The quantitative estimate of drug-likeness (QED) is 0.872. The molecule has 1 aliphatic heterocycles. The van der Waals surface area contributed by atoms with E-state index in [2.05, 4.69) is 10.0 Å². The summed E-state index contributed by atoms with van der Waals surface area (Å²) in [5.41, 5.74) is 0. The van der Waals surface area contributed by atoms with Crippen LogP contribution in [0.3, 0.4) is 0 Å². The Morgan fingerprint density at radius 2 is 1.85 bits per heavy atom. The molecule has 0 radical (unpaired) electrons. The van der Waals surface area contributed by atoms with Crippen molar-refractivity contribution in [2.45, 2.75) is 24.3 Å². The Balaban J connectivity index is 0.00000200. The van der Waals surface area contributed by atoms with E-state index in [0.717, 1.165) is 19.5 Å². The van der Waals surface area contributed by atoms with Crippen molar-refractivity contribution in [1.29, 1.82) is 0 Å². The first-order valence-electron chi connectivity index (χ1n) is 6.07. The summed E-state index contributed by atoms with van der Waals surface area (Å²) in [4.78, 5) is 0.107. The molecule has 0 aliphatic carbocycles. The molecule has 0 saturated carbocycles. The first-order valence-corrected chi connectivity index (χ1v) is 8.31. The second kappa shape index (κ2) is 7.29. The van der Waals surface area contributed by atoms with E-state index in [1.165, 1.54) is 18.2 Å².